The van der Waals surface area contributed by atoms with E-state index in [9.17, 15) is 14.7 Å². The number of ether oxygens (including phenoxy) is 3. The molecule has 184 valence electrons. The second kappa shape index (κ2) is 10.0. The first-order chi connectivity index (χ1) is 16.7. The molecule has 0 radical (unpaired) electrons. The van der Waals surface area contributed by atoms with Crippen molar-refractivity contribution in [2.75, 3.05) is 25.8 Å². The SMILES string of the molecule is COCCn1c(-c2ccc(SC(C)(C)C(=O)O)cc2)nc(C(=O)Nc2ccc3c(c2)OCO3)c1C. The molecule has 1 aliphatic heterocycles. The lowest BCUT2D eigenvalue weighted by atomic mass is 10.2. The largest absolute Gasteiger partial charge is 0.480 e. The quantitative estimate of drug-likeness (QED) is 0.417. The molecule has 0 fully saturated rings. The topological polar surface area (TPSA) is 112 Å². The highest BCUT2D eigenvalue weighted by Crippen LogP contribution is 2.35. The summed E-state index contributed by atoms with van der Waals surface area (Å²) in [4.78, 5) is 30.1. The van der Waals surface area contributed by atoms with E-state index < -0.39 is 10.7 Å². The van der Waals surface area contributed by atoms with E-state index in [0.717, 1.165) is 10.5 Å². The third kappa shape index (κ3) is 5.28. The molecule has 0 saturated carbocycles. The number of hydrogen-bond acceptors (Lipinski definition) is 7. The van der Waals surface area contributed by atoms with Gasteiger partial charge >= 0.3 is 5.97 Å². The molecule has 4 rings (SSSR count). The van der Waals surface area contributed by atoms with Crippen molar-refractivity contribution in [3.05, 3.63) is 53.9 Å². The van der Waals surface area contributed by atoms with Crippen molar-refractivity contribution in [1.82, 2.24) is 9.55 Å². The Kier molecular flexibility index (Phi) is 7.04. The summed E-state index contributed by atoms with van der Waals surface area (Å²) in [5, 5.41) is 12.3. The molecule has 2 N–H and O–H groups in total. The van der Waals surface area contributed by atoms with Gasteiger partial charge in [-0.05, 0) is 45.0 Å². The van der Waals surface area contributed by atoms with Gasteiger partial charge in [0.2, 0.25) is 6.79 Å². The number of carbonyl (C=O) groups excluding carboxylic acids is 1. The van der Waals surface area contributed by atoms with E-state index in [4.69, 9.17) is 14.2 Å². The van der Waals surface area contributed by atoms with Gasteiger partial charge in [-0.15, -0.1) is 11.8 Å². The molecule has 1 aromatic heterocycles. The Morgan fingerprint density at radius 2 is 1.89 bits per heavy atom. The summed E-state index contributed by atoms with van der Waals surface area (Å²) in [5.41, 5.74) is 2.40. The summed E-state index contributed by atoms with van der Waals surface area (Å²) >= 11 is 1.27. The summed E-state index contributed by atoms with van der Waals surface area (Å²) in [6.45, 7) is 6.31. The predicted molar refractivity (Wildman–Crippen MR) is 132 cm³/mol. The molecule has 2 heterocycles. The maximum absolute atomic E-state index is 13.1. The Morgan fingerprint density at radius 3 is 2.57 bits per heavy atom. The van der Waals surface area contributed by atoms with Crippen LogP contribution in [0.15, 0.2) is 47.4 Å². The van der Waals surface area contributed by atoms with Crippen molar-refractivity contribution >= 4 is 29.3 Å². The number of benzene rings is 2. The normalized spacial score (nSPS) is 12.6. The molecule has 10 heteroatoms. The minimum Gasteiger partial charge on any atom is -0.480 e. The molecule has 9 nitrogen and oxygen atoms in total. The van der Waals surface area contributed by atoms with Gasteiger partial charge in [0.15, 0.2) is 11.5 Å². The molecule has 35 heavy (non-hydrogen) atoms. The van der Waals surface area contributed by atoms with Crippen LogP contribution in [0.5, 0.6) is 11.5 Å². The van der Waals surface area contributed by atoms with E-state index in [2.05, 4.69) is 10.3 Å². The predicted octanol–water partition coefficient (Wildman–Crippen LogP) is 4.44. The van der Waals surface area contributed by atoms with Gasteiger partial charge in [-0.3, -0.25) is 9.59 Å². The molecule has 0 saturated heterocycles. The van der Waals surface area contributed by atoms with Gasteiger partial charge in [0.05, 0.1) is 6.61 Å². The third-order valence-electron chi connectivity index (χ3n) is 5.59. The van der Waals surface area contributed by atoms with Gasteiger partial charge in [0, 0.05) is 41.6 Å². The zero-order valence-corrected chi connectivity index (χ0v) is 20.8. The van der Waals surface area contributed by atoms with E-state index >= 15 is 0 Å². The number of methoxy groups -OCH3 is 1. The molecule has 0 aliphatic carbocycles. The second-order valence-electron chi connectivity index (χ2n) is 8.48. The van der Waals surface area contributed by atoms with Gasteiger partial charge in [-0.1, -0.05) is 12.1 Å². The Balaban J connectivity index is 1.61. The van der Waals surface area contributed by atoms with Crippen LogP contribution in [0, 0.1) is 6.92 Å². The summed E-state index contributed by atoms with van der Waals surface area (Å²) in [6.07, 6.45) is 0. The Hall–Kier alpha value is -3.50. The number of carboxylic acids is 1. The number of anilines is 1. The lowest BCUT2D eigenvalue weighted by molar-refractivity contribution is -0.138. The molecule has 3 aromatic rings. The number of rotatable bonds is 9. The molecule has 0 unspecified atom stereocenters. The Labute approximate surface area is 207 Å². The number of fused-ring (bicyclic) bond motifs is 1. The van der Waals surface area contributed by atoms with Crippen molar-refractivity contribution in [2.24, 2.45) is 0 Å². The third-order valence-corrected chi connectivity index (χ3v) is 6.78. The van der Waals surface area contributed by atoms with Crippen LogP contribution < -0.4 is 14.8 Å². The lowest BCUT2D eigenvalue weighted by Crippen LogP contribution is -2.26. The van der Waals surface area contributed by atoms with Crippen molar-refractivity contribution in [3.8, 4) is 22.9 Å². The minimum atomic E-state index is -0.949. The number of carbonyl (C=O) groups is 2. The summed E-state index contributed by atoms with van der Waals surface area (Å²) in [5.74, 6) is 0.627. The van der Waals surface area contributed by atoms with Gasteiger partial charge in [0.1, 0.15) is 16.3 Å². The number of carboxylic acid groups (broad SMARTS) is 1. The van der Waals surface area contributed by atoms with Crippen LogP contribution >= 0.6 is 11.8 Å². The number of aliphatic carboxylic acids is 1. The molecule has 2 aromatic carbocycles. The first kappa shape index (κ1) is 24.6. The van der Waals surface area contributed by atoms with Crippen LogP contribution in [0.4, 0.5) is 5.69 Å². The zero-order chi connectivity index (χ0) is 25.2. The highest BCUT2D eigenvalue weighted by Gasteiger charge is 2.28. The first-order valence-corrected chi connectivity index (χ1v) is 11.8. The summed E-state index contributed by atoms with van der Waals surface area (Å²) < 4.78 is 17.0. The maximum Gasteiger partial charge on any atom is 0.319 e. The van der Waals surface area contributed by atoms with E-state index in [0.29, 0.717) is 47.6 Å². The average molecular weight is 498 g/mol. The highest BCUT2D eigenvalue weighted by molar-refractivity contribution is 8.01. The van der Waals surface area contributed by atoms with Crippen molar-refractivity contribution in [3.63, 3.8) is 0 Å². The van der Waals surface area contributed by atoms with Crippen molar-refractivity contribution < 1.29 is 28.9 Å². The fourth-order valence-corrected chi connectivity index (χ4v) is 4.55. The summed E-state index contributed by atoms with van der Waals surface area (Å²) in [6, 6.07) is 12.7. The lowest BCUT2D eigenvalue weighted by Gasteiger charge is -2.18. The number of nitrogens with zero attached hydrogens (tertiary/aromatic N) is 2. The number of hydrogen-bond donors (Lipinski definition) is 2. The number of amides is 1. The van der Waals surface area contributed by atoms with Crippen LogP contribution in [0.25, 0.3) is 11.4 Å². The van der Waals surface area contributed by atoms with Gasteiger partial charge < -0.3 is 29.2 Å². The Bertz CT molecular complexity index is 1250. The highest BCUT2D eigenvalue weighted by atomic mass is 32.2. The van der Waals surface area contributed by atoms with E-state index in [1.54, 1.807) is 39.2 Å². The molecule has 1 amide bonds. The maximum atomic E-state index is 13.1. The smallest absolute Gasteiger partial charge is 0.319 e. The van der Waals surface area contributed by atoms with Crippen LogP contribution in [0.1, 0.15) is 30.0 Å². The standard InChI is InChI=1S/C25H27N3O6S/c1-15-21(23(29)26-17-7-10-19-20(13-17)34-14-33-19)27-22(28(15)11-12-32-4)16-5-8-18(9-6-16)35-25(2,3)24(30)31/h5-10,13H,11-12,14H2,1-4H3,(H,26,29)(H,30,31). The number of thioether (sulfide) groups is 1. The van der Waals surface area contributed by atoms with Crippen LogP contribution in [-0.4, -0.2) is 51.8 Å². The van der Waals surface area contributed by atoms with Crippen LogP contribution in [0.3, 0.4) is 0 Å². The monoisotopic (exact) mass is 497 g/mol. The van der Waals surface area contributed by atoms with Gasteiger partial charge in [0.25, 0.3) is 5.91 Å². The Morgan fingerprint density at radius 1 is 1.17 bits per heavy atom. The number of imidazole rings is 1. The minimum absolute atomic E-state index is 0.157. The van der Waals surface area contributed by atoms with Crippen LogP contribution in [-0.2, 0) is 16.1 Å². The van der Waals surface area contributed by atoms with E-state index in [1.165, 1.54) is 11.8 Å². The van der Waals surface area contributed by atoms with Crippen LogP contribution in [0.2, 0.25) is 0 Å². The van der Waals surface area contributed by atoms with E-state index in [-0.39, 0.29) is 12.7 Å². The second-order valence-corrected chi connectivity index (χ2v) is 10.2. The fourth-order valence-electron chi connectivity index (χ4n) is 3.60. The molecule has 1 aliphatic rings. The molecule has 0 spiro atoms. The van der Waals surface area contributed by atoms with E-state index in [1.807, 2.05) is 35.8 Å². The molecular formula is C25H27N3O6S. The molecule has 0 bridgehead atoms. The van der Waals surface area contributed by atoms with Crippen molar-refractivity contribution in [1.29, 1.82) is 0 Å². The fraction of sp³-hybridized carbons (Fsp3) is 0.320. The molecular weight excluding hydrogens is 470 g/mol. The first-order valence-electron chi connectivity index (χ1n) is 11.0. The summed E-state index contributed by atoms with van der Waals surface area (Å²) in [7, 11) is 1.62. The zero-order valence-electron chi connectivity index (χ0n) is 20.0. The molecule has 0 atom stereocenters. The van der Waals surface area contributed by atoms with Crippen molar-refractivity contribution in [2.45, 2.75) is 37.0 Å². The number of aromatic nitrogens is 2. The average Bonchev–Trinajstić information content (AvgIpc) is 3.41. The van der Waals surface area contributed by atoms with Gasteiger partial charge in [-0.25, -0.2) is 4.98 Å². The number of nitrogens with one attached hydrogen (secondary N) is 1. The van der Waals surface area contributed by atoms with Gasteiger partial charge in [-0.2, -0.15) is 0 Å².